The second kappa shape index (κ2) is 10.4. The summed E-state index contributed by atoms with van der Waals surface area (Å²) in [4.78, 5) is 14.7. The first kappa shape index (κ1) is 24.8. The molecular weight excluding hydrogens is 451 g/mol. The van der Waals surface area contributed by atoms with Crippen LogP contribution in [0.5, 0.6) is 17.2 Å². The fraction of sp³-hybridized carbons (Fsp3) is 0.435. The van der Waals surface area contributed by atoms with Crippen molar-refractivity contribution in [1.29, 1.82) is 0 Å². The van der Waals surface area contributed by atoms with Crippen molar-refractivity contribution in [3.63, 3.8) is 0 Å². The fourth-order valence-electron chi connectivity index (χ4n) is 4.01. The van der Waals surface area contributed by atoms with Gasteiger partial charge in [0, 0.05) is 26.7 Å². The minimum Gasteiger partial charge on any atom is -0.493 e. The summed E-state index contributed by atoms with van der Waals surface area (Å²) in [5.74, 6) is 0.313. The summed E-state index contributed by atoms with van der Waals surface area (Å²) >= 11 is 0. The van der Waals surface area contributed by atoms with Gasteiger partial charge in [-0.2, -0.15) is 4.31 Å². The monoisotopic (exact) mass is 480 g/mol. The molecule has 0 saturated carbocycles. The first-order chi connectivity index (χ1) is 15.7. The predicted octanol–water partition coefficient (Wildman–Crippen LogP) is 2.91. The molecule has 33 heavy (non-hydrogen) atoms. The highest BCUT2D eigenvalue weighted by Crippen LogP contribution is 2.38. The van der Waals surface area contributed by atoms with Gasteiger partial charge in [0.15, 0.2) is 11.5 Å². The summed E-state index contributed by atoms with van der Waals surface area (Å²) in [5, 5.41) is 0. The molecule has 1 fully saturated rings. The molecule has 0 radical (unpaired) electrons. The van der Waals surface area contributed by atoms with Gasteiger partial charge in [-0.3, -0.25) is 4.79 Å². The summed E-state index contributed by atoms with van der Waals surface area (Å²) in [7, 11) is 2.44. The van der Waals surface area contributed by atoms with Crippen molar-refractivity contribution in [1.82, 2.24) is 9.21 Å². The molecule has 1 amide bonds. The second-order valence-corrected chi connectivity index (χ2v) is 9.82. The maximum absolute atomic E-state index is 13.2. The second-order valence-electron chi connectivity index (χ2n) is 7.88. The minimum atomic E-state index is -3.81. The number of hydrogen-bond donors (Lipinski definition) is 0. The molecule has 1 heterocycles. The number of methoxy groups -OCH3 is 3. The van der Waals surface area contributed by atoms with E-state index in [2.05, 4.69) is 0 Å². The molecule has 1 atom stereocenters. The van der Waals surface area contributed by atoms with Crippen molar-refractivity contribution < 1.29 is 31.8 Å². The smallest absolute Gasteiger partial charge is 0.243 e. The van der Waals surface area contributed by atoms with Crippen molar-refractivity contribution in [2.45, 2.75) is 24.3 Å². The maximum atomic E-state index is 13.2. The quantitative estimate of drug-likeness (QED) is 0.578. The molecular formula is C23H29FN2O6S. The van der Waals surface area contributed by atoms with Gasteiger partial charge in [-0.25, -0.2) is 12.8 Å². The van der Waals surface area contributed by atoms with Crippen LogP contribution in [-0.4, -0.2) is 65.0 Å². The average molecular weight is 481 g/mol. The minimum absolute atomic E-state index is 0.0165. The Morgan fingerprint density at radius 3 is 2.24 bits per heavy atom. The number of hydrogen-bond acceptors (Lipinski definition) is 6. The number of carbonyl (C=O) groups excluding carboxylic acids is 1. The van der Waals surface area contributed by atoms with E-state index in [9.17, 15) is 17.6 Å². The van der Waals surface area contributed by atoms with Crippen LogP contribution in [0.15, 0.2) is 41.3 Å². The van der Waals surface area contributed by atoms with Gasteiger partial charge in [-0.1, -0.05) is 0 Å². The van der Waals surface area contributed by atoms with Crippen molar-refractivity contribution in [3.05, 3.63) is 47.8 Å². The Balaban J connectivity index is 1.73. The number of sulfonamides is 1. The Morgan fingerprint density at radius 1 is 1.09 bits per heavy atom. The van der Waals surface area contributed by atoms with Gasteiger partial charge in [-0.05, 0) is 54.8 Å². The molecule has 3 rings (SSSR count). The first-order valence-corrected chi connectivity index (χ1v) is 11.9. The lowest BCUT2D eigenvalue weighted by Gasteiger charge is -2.33. The zero-order valence-electron chi connectivity index (χ0n) is 19.2. The molecule has 2 aromatic carbocycles. The van der Waals surface area contributed by atoms with Crippen LogP contribution in [0.1, 0.15) is 18.4 Å². The third kappa shape index (κ3) is 5.39. The summed E-state index contributed by atoms with van der Waals surface area (Å²) < 4.78 is 56.5. The lowest BCUT2D eigenvalue weighted by molar-refractivity contribution is -0.135. The highest BCUT2D eigenvalue weighted by Gasteiger charge is 2.34. The number of carbonyl (C=O) groups is 1. The first-order valence-electron chi connectivity index (χ1n) is 10.5. The third-order valence-corrected chi connectivity index (χ3v) is 7.58. The molecule has 0 aromatic heterocycles. The zero-order chi connectivity index (χ0) is 24.2. The molecule has 0 spiro atoms. The van der Waals surface area contributed by atoms with Gasteiger partial charge < -0.3 is 19.1 Å². The normalized spacial score (nSPS) is 16.8. The summed E-state index contributed by atoms with van der Waals surface area (Å²) in [6.45, 7) is 0.689. The van der Waals surface area contributed by atoms with Gasteiger partial charge in [0.2, 0.25) is 21.7 Å². The SMILES string of the molecule is COc1cc(CN(C)C(=O)[C@H]2CCCN(S(=O)(=O)c3ccc(F)cc3)C2)cc(OC)c1OC. The zero-order valence-corrected chi connectivity index (χ0v) is 20.0. The number of benzene rings is 2. The van der Waals surface area contributed by atoms with Crippen molar-refractivity contribution in [2.24, 2.45) is 5.92 Å². The van der Waals surface area contributed by atoms with Crippen LogP contribution in [0.4, 0.5) is 4.39 Å². The van der Waals surface area contributed by atoms with Crippen LogP contribution < -0.4 is 14.2 Å². The fourth-order valence-corrected chi connectivity index (χ4v) is 5.53. The van der Waals surface area contributed by atoms with Crippen molar-refractivity contribution in [2.75, 3.05) is 41.5 Å². The highest BCUT2D eigenvalue weighted by molar-refractivity contribution is 7.89. The predicted molar refractivity (Wildman–Crippen MR) is 120 cm³/mol. The lowest BCUT2D eigenvalue weighted by Crippen LogP contribution is -2.45. The topological polar surface area (TPSA) is 85.4 Å². The molecule has 1 aliphatic heterocycles. The molecule has 2 aromatic rings. The standard InChI is InChI=1S/C23H29FN2O6S/c1-25(14-16-12-20(30-2)22(32-4)21(13-16)31-3)23(27)17-6-5-11-26(15-17)33(28,29)19-9-7-18(24)8-10-19/h7-10,12-13,17H,5-6,11,14-15H2,1-4H3/t17-/m0/s1. The Bertz CT molecular complexity index is 1070. The van der Waals surface area contributed by atoms with Gasteiger partial charge in [0.1, 0.15) is 5.82 Å². The van der Waals surface area contributed by atoms with E-state index in [0.29, 0.717) is 36.6 Å². The molecule has 0 aliphatic carbocycles. The van der Waals surface area contributed by atoms with Gasteiger partial charge in [0.05, 0.1) is 32.1 Å². The van der Waals surface area contributed by atoms with Crippen LogP contribution in [0, 0.1) is 11.7 Å². The summed E-state index contributed by atoms with van der Waals surface area (Å²) in [6, 6.07) is 8.27. The van der Waals surface area contributed by atoms with Crippen LogP contribution in [0.3, 0.4) is 0 Å². The molecule has 8 nitrogen and oxygen atoms in total. The molecule has 0 unspecified atom stereocenters. The Kier molecular flexibility index (Phi) is 7.80. The Morgan fingerprint density at radius 2 is 1.70 bits per heavy atom. The van der Waals surface area contributed by atoms with Crippen LogP contribution in [0.2, 0.25) is 0 Å². The molecule has 0 bridgehead atoms. The van der Waals surface area contributed by atoms with E-state index in [-0.39, 0.29) is 23.9 Å². The van der Waals surface area contributed by atoms with E-state index in [1.165, 1.54) is 37.8 Å². The van der Waals surface area contributed by atoms with E-state index < -0.39 is 21.8 Å². The molecule has 1 saturated heterocycles. The maximum Gasteiger partial charge on any atom is 0.243 e. The highest BCUT2D eigenvalue weighted by atomic mass is 32.2. The van der Waals surface area contributed by atoms with Crippen LogP contribution >= 0.6 is 0 Å². The Labute approximate surface area is 193 Å². The average Bonchev–Trinajstić information content (AvgIpc) is 2.83. The van der Waals surface area contributed by atoms with Crippen molar-refractivity contribution >= 4 is 15.9 Å². The number of halogens is 1. The molecule has 10 heteroatoms. The number of nitrogens with zero attached hydrogens (tertiary/aromatic N) is 2. The van der Waals surface area contributed by atoms with E-state index in [1.807, 2.05) is 0 Å². The lowest BCUT2D eigenvalue weighted by atomic mass is 9.98. The van der Waals surface area contributed by atoms with Crippen molar-refractivity contribution in [3.8, 4) is 17.2 Å². The molecule has 1 aliphatic rings. The van der Waals surface area contributed by atoms with Gasteiger partial charge >= 0.3 is 0 Å². The number of piperidine rings is 1. The summed E-state index contributed by atoms with van der Waals surface area (Å²) in [6.07, 6.45) is 1.16. The third-order valence-electron chi connectivity index (χ3n) is 5.71. The van der Waals surface area contributed by atoms with E-state index in [1.54, 1.807) is 24.1 Å². The number of amides is 1. The van der Waals surface area contributed by atoms with E-state index in [0.717, 1.165) is 17.7 Å². The molecule has 180 valence electrons. The van der Waals surface area contributed by atoms with Crippen LogP contribution in [-0.2, 0) is 21.4 Å². The largest absolute Gasteiger partial charge is 0.493 e. The van der Waals surface area contributed by atoms with Gasteiger partial charge in [-0.15, -0.1) is 0 Å². The van der Waals surface area contributed by atoms with Gasteiger partial charge in [0.25, 0.3) is 0 Å². The van der Waals surface area contributed by atoms with E-state index >= 15 is 0 Å². The molecule has 0 N–H and O–H groups in total. The number of ether oxygens (including phenoxy) is 3. The summed E-state index contributed by atoms with van der Waals surface area (Å²) in [5.41, 5.74) is 0.784. The Hall–Kier alpha value is -2.85. The van der Waals surface area contributed by atoms with E-state index in [4.69, 9.17) is 14.2 Å². The number of rotatable bonds is 8. The van der Waals surface area contributed by atoms with Crippen LogP contribution in [0.25, 0.3) is 0 Å².